The number of nitrogens with one attached hydrogen (secondary N) is 3. The van der Waals surface area contributed by atoms with Crippen LogP contribution in [-0.4, -0.2) is 61.0 Å². The molecule has 0 radical (unpaired) electrons. The van der Waals surface area contributed by atoms with Crippen molar-refractivity contribution in [2.75, 3.05) is 38.2 Å². The van der Waals surface area contributed by atoms with E-state index in [-0.39, 0.29) is 36.5 Å². The highest BCUT2D eigenvalue weighted by Crippen LogP contribution is 2.19. The molecule has 1 aromatic carbocycles. The second kappa shape index (κ2) is 13.1. The lowest BCUT2D eigenvalue weighted by Crippen LogP contribution is -2.51. The van der Waals surface area contributed by atoms with Crippen molar-refractivity contribution in [3.8, 4) is 5.75 Å². The fourth-order valence-corrected chi connectivity index (χ4v) is 3.62. The summed E-state index contributed by atoms with van der Waals surface area (Å²) in [6.07, 6.45) is 6.18. The first-order chi connectivity index (χ1) is 15.1. The minimum absolute atomic E-state index is 0. The fraction of sp³-hybridized carbons (Fsp3) is 0.500. The number of carbonyl (C=O) groups excluding carboxylic acids is 1. The van der Waals surface area contributed by atoms with Crippen molar-refractivity contribution in [3.63, 3.8) is 0 Å². The number of hydrogen-bond acceptors (Lipinski definition) is 5. The number of anilines is 1. The number of likely N-dealkylation sites (N-methyl/N-ethyl adjacent to an activating group) is 1. The van der Waals surface area contributed by atoms with Gasteiger partial charge in [-0.25, -0.2) is 0 Å². The zero-order valence-electron chi connectivity index (χ0n) is 19.0. The Balaban J connectivity index is 0.00000363. The summed E-state index contributed by atoms with van der Waals surface area (Å²) < 4.78 is 7.41. The number of nitrogens with zero attached hydrogens (tertiary/aromatic N) is 4. The van der Waals surface area contributed by atoms with Crippen LogP contribution in [0, 0.1) is 0 Å². The molecule has 9 nitrogen and oxygen atoms in total. The number of guanidine groups is 1. The molecule has 1 amide bonds. The molecule has 0 saturated carbocycles. The van der Waals surface area contributed by atoms with E-state index in [1.165, 1.54) is 0 Å². The molecule has 1 atom stereocenters. The predicted molar refractivity (Wildman–Crippen MR) is 138 cm³/mol. The maximum Gasteiger partial charge on any atom is 0.257 e. The second-order valence-corrected chi connectivity index (χ2v) is 7.62. The number of benzene rings is 1. The van der Waals surface area contributed by atoms with Crippen molar-refractivity contribution in [1.29, 1.82) is 0 Å². The molecule has 0 spiro atoms. The Kier molecular flexibility index (Phi) is 10.6. The third-order valence-electron chi connectivity index (χ3n) is 5.14. The Hall–Kier alpha value is -2.50. The van der Waals surface area contributed by atoms with E-state index in [2.05, 4.69) is 37.1 Å². The first-order valence-corrected chi connectivity index (χ1v) is 10.8. The quantitative estimate of drug-likeness (QED) is 0.262. The normalized spacial score (nSPS) is 16.2. The topological polar surface area (TPSA) is 95.8 Å². The molecule has 0 aliphatic carbocycles. The van der Waals surface area contributed by atoms with Crippen molar-refractivity contribution < 1.29 is 9.53 Å². The molecule has 0 bridgehead atoms. The molecule has 1 aromatic heterocycles. The van der Waals surface area contributed by atoms with E-state index in [1.807, 2.05) is 49.1 Å². The standard InChI is InChI=1S/C22H33N7O2.HI/c1-4-24-21(30)16-31-20-9-5-7-17(11-20)12-25-22(23-2)27-18-8-6-10-29(14-18)19-13-26-28(3)15-19;/h5,7,9,11,13,15,18H,4,6,8,10,12,14,16H2,1-3H3,(H,24,30)(H2,23,25,27);1H. The number of ether oxygens (including phenoxy) is 1. The van der Waals surface area contributed by atoms with Crippen molar-refractivity contribution in [2.45, 2.75) is 32.4 Å². The number of rotatable bonds is 8. The molecular weight excluding hydrogens is 521 g/mol. The molecule has 10 heteroatoms. The number of hydrogen-bond donors (Lipinski definition) is 3. The Morgan fingerprint density at radius 1 is 1.34 bits per heavy atom. The van der Waals surface area contributed by atoms with E-state index in [0.717, 1.165) is 43.1 Å². The summed E-state index contributed by atoms with van der Waals surface area (Å²) in [4.78, 5) is 18.3. The number of halogens is 1. The van der Waals surface area contributed by atoms with Gasteiger partial charge in [-0.05, 0) is 37.5 Å². The fourth-order valence-electron chi connectivity index (χ4n) is 3.62. The van der Waals surface area contributed by atoms with E-state index in [0.29, 0.717) is 24.9 Å². The van der Waals surface area contributed by atoms with Crippen LogP contribution in [0.1, 0.15) is 25.3 Å². The number of aryl methyl sites for hydroxylation is 1. The largest absolute Gasteiger partial charge is 0.484 e. The number of carbonyl (C=O) groups is 1. The molecule has 2 aromatic rings. The number of aromatic nitrogens is 2. The highest BCUT2D eigenvalue weighted by molar-refractivity contribution is 14.0. The van der Waals surface area contributed by atoms with E-state index in [1.54, 1.807) is 7.05 Å². The number of piperidine rings is 1. The van der Waals surface area contributed by atoms with Gasteiger partial charge in [-0.15, -0.1) is 24.0 Å². The maximum absolute atomic E-state index is 11.6. The van der Waals surface area contributed by atoms with Gasteiger partial charge in [0.1, 0.15) is 5.75 Å². The lowest BCUT2D eigenvalue weighted by molar-refractivity contribution is -0.122. The van der Waals surface area contributed by atoms with E-state index in [4.69, 9.17) is 4.74 Å². The van der Waals surface area contributed by atoms with Crippen molar-refractivity contribution in [3.05, 3.63) is 42.2 Å². The molecule has 176 valence electrons. The molecular formula is C22H34IN7O2. The zero-order chi connectivity index (χ0) is 22.1. The van der Waals surface area contributed by atoms with Crippen LogP contribution in [0.4, 0.5) is 5.69 Å². The predicted octanol–water partition coefficient (Wildman–Crippen LogP) is 1.89. The van der Waals surface area contributed by atoms with Gasteiger partial charge in [0, 0.05) is 52.5 Å². The van der Waals surface area contributed by atoms with Crippen molar-refractivity contribution in [1.82, 2.24) is 25.7 Å². The van der Waals surface area contributed by atoms with Crippen molar-refractivity contribution in [2.24, 2.45) is 12.0 Å². The second-order valence-electron chi connectivity index (χ2n) is 7.62. The maximum atomic E-state index is 11.6. The molecule has 3 N–H and O–H groups in total. The van der Waals surface area contributed by atoms with Gasteiger partial charge in [-0.3, -0.25) is 14.5 Å². The minimum Gasteiger partial charge on any atom is -0.484 e. The van der Waals surface area contributed by atoms with E-state index >= 15 is 0 Å². The van der Waals surface area contributed by atoms with Gasteiger partial charge in [0.2, 0.25) is 0 Å². The number of amides is 1. The molecule has 2 heterocycles. The summed E-state index contributed by atoms with van der Waals surface area (Å²) in [5.74, 6) is 1.32. The van der Waals surface area contributed by atoms with Crippen LogP contribution < -0.4 is 25.6 Å². The van der Waals surface area contributed by atoms with Gasteiger partial charge in [-0.1, -0.05) is 12.1 Å². The van der Waals surface area contributed by atoms with E-state index < -0.39 is 0 Å². The Bertz CT molecular complexity index is 887. The van der Waals surface area contributed by atoms with Crippen LogP contribution in [0.25, 0.3) is 0 Å². The SMILES string of the molecule is CCNC(=O)COc1cccc(CNC(=NC)NC2CCCN(c3cnn(C)c3)C2)c1.I. The van der Waals surface area contributed by atoms with Gasteiger partial charge in [0.05, 0.1) is 11.9 Å². The van der Waals surface area contributed by atoms with Gasteiger partial charge in [0.15, 0.2) is 12.6 Å². The van der Waals surface area contributed by atoms with Crippen LogP contribution in [0.2, 0.25) is 0 Å². The third-order valence-corrected chi connectivity index (χ3v) is 5.14. The van der Waals surface area contributed by atoms with Crippen molar-refractivity contribution >= 4 is 41.5 Å². The lowest BCUT2D eigenvalue weighted by Gasteiger charge is -2.34. The summed E-state index contributed by atoms with van der Waals surface area (Å²) >= 11 is 0. The highest BCUT2D eigenvalue weighted by atomic mass is 127. The monoisotopic (exact) mass is 555 g/mol. The molecule has 1 unspecified atom stereocenters. The van der Waals surface area contributed by atoms with Gasteiger partial charge >= 0.3 is 0 Å². The first kappa shape index (κ1) is 25.8. The van der Waals surface area contributed by atoms with Crippen LogP contribution in [0.15, 0.2) is 41.7 Å². The van der Waals surface area contributed by atoms with Gasteiger partial charge in [-0.2, -0.15) is 5.10 Å². The van der Waals surface area contributed by atoms with Gasteiger partial charge in [0.25, 0.3) is 5.91 Å². The Morgan fingerprint density at radius 3 is 2.91 bits per heavy atom. The molecule has 1 saturated heterocycles. The first-order valence-electron chi connectivity index (χ1n) is 10.8. The Morgan fingerprint density at radius 2 is 2.19 bits per heavy atom. The summed E-state index contributed by atoms with van der Waals surface area (Å²) in [6, 6.07) is 8.04. The van der Waals surface area contributed by atoms with Crippen LogP contribution in [0.3, 0.4) is 0 Å². The molecule has 1 aliphatic rings. The lowest BCUT2D eigenvalue weighted by atomic mass is 10.1. The summed E-state index contributed by atoms with van der Waals surface area (Å²) in [6.45, 7) is 5.06. The average Bonchev–Trinajstić information content (AvgIpc) is 3.22. The average molecular weight is 555 g/mol. The molecule has 1 aliphatic heterocycles. The Labute approximate surface area is 207 Å². The molecule has 32 heavy (non-hydrogen) atoms. The molecule has 1 fully saturated rings. The summed E-state index contributed by atoms with van der Waals surface area (Å²) in [5, 5.41) is 13.9. The van der Waals surface area contributed by atoms with Crippen LogP contribution >= 0.6 is 24.0 Å². The van der Waals surface area contributed by atoms with Crippen LogP contribution in [0.5, 0.6) is 5.75 Å². The molecule has 3 rings (SSSR count). The zero-order valence-corrected chi connectivity index (χ0v) is 21.3. The highest BCUT2D eigenvalue weighted by Gasteiger charge is 2.21. The van der Waals surface area contributed by atoms with Crippen LogP contribution in [-0.2, 0) is 18.4 Å². The third kappa shape index (κ3) is 7.88. The van der Waals surface area contributed by atoms with Gasteiger partial charge < -0.3 is 25.6 Å². The summed E-state index contributed by atoms with van der Waals surface area (Å²) in [5.41, 5.74) is 2.21. The number of aliphatic imine (C=N–C) groups is 1. The minimum atomic E-state index is -0.122. The smallest absolute Gasteiger partial charge is 0.257 e. The van der Waals surface area contributed by atoms with E-state index in [9.17, 15) is 4.79 Å². The summed E-state index contributed by atoms with van der Waals surface area (Å²) in [7, 11) is 3.72.